The maximum absolute atomic E-state index is 12.6. The molecule has 3 heterocycles. The van der Waals surface area contributed by atoms with Crippen molar-refractivity contribution < 1.29 is 14.4 Å². The van der Waals surface area contributed by atoms with Gasteiger partial charge in [0.1, 0.15) is 12.1 Å². The van der Waals surface area contributed by atoms with Crippen molar-refractivity contribution in [3.05, 3.63) is 30.1 Å². The third kappa shape index (κ3) is 3.81. The number of carbonyl (C=O) groups excluding carboxylic acids is 3. The van der Waals surface area contributed by atoms with E-state index in [9.17, 15) is 14.4 Å². The van der Waals surface area contributed by atoms with Gasteiger partial charge >= 0.3 is 6.03 Å². The third-order valence-electron chi connectivity index (χ3n) is 4.86. The van der Waals surface area contributed by atoms with E-state index in [2.05, 4.69) is 10.3 Å². The van der Waals surface area contributed by atoms with Crippen molar-refractivity contribution in [2.24, 2.45) is 5.92 Å². The second kappa shape index (κ2) is 6.82. The lowest BCUT2D eigenvalue weighted by Gasteiger charge is -2.33. The molecule has 1 atom stereocenters. The number of nitrogens with zero attached hydrogens (tertiary/aromatic N) is 3. The summed E-state index contributed by atoms with van der Waals surface area (Å²) in [5, 5.41) is 2.60. The highest BCUT2D eigenvalue weighted by atomic mass is 16.2. The Kier molecular flexibility index (Phi) is 4.74. The van der Waals surface area contributed by atoms with E-state index in [0.717, 1.165) is 29.7 Å². The van der Waals surface area contributed by atoms with E-state index in [0.29, 0.717) is 19.0 Å². The Bertz CT molecular complexity index is 674. The van der Waals surface area contributed by atoms with Crippen LogP contribution in [0, 0.1) is 5.92 Å². The summed E-state index contributed by atoms with van der Waals surface area (Å²) in [6.45, 7) is 4.43. The van der Waals surface area contributed by atoms with Crippen LogP contribution in [-0.2, 0) is 16.0 Å². The number of pyridine rings is 1. The van der Waals surface area contributed by atoms with Crippen LogP contribution in [0.15, 0.2) is 24.5 Å². The second-order valence-corrected chi connectivity index (χ2v) is 7.36. The average Bonchev–Trinajstić information content (AvgIpc) is 2.78. The topological polar surface area (TPSA) is 82.6 Å². The van der Waals surface area contributed by atoms with Gasteiger partial charge in [-0.15, -0.1) is 0 Å². The summed E-state index contributed by atoms with van der Waals surface area (Å²) in [6.07, 6.45) is 6.49. The van der Waals surface area contributed by atoms with Crippen LogP contribution in [0.1, 0.15) is 32.3 Å². The van der Waals surface area contributed by atoms with Gasteiger partial charge in [0.05, 0.1) is 0 Å². The van der Waals surface area contributed by atoms with Gasteiger partial charge in [-0.25, -0.2) is 4.79 Å². The minimum absolute atomic E-state index is 0.169. The summed E-state index contributed by atoms with van der Waals surface area (Å²) in [6, 6.07) is 3.47. The summed E-state index contributed by atoms with van der Waals surface area (Å²) in [7, 11) is 0. The molecule has 0 bridgehead atoms. The number of nitrogens with one attached hydrogen (secondary N) is 1. The maximum Gasteiger partial charge on any atom is 0.325 e. The van der Waals surface area contributed by atoms with Gasteiger partial charge in [-0.05, 0) is 50.7 Å². The first kappa shape index (κ1) is 17.4. The molecule has 2 aliphatic heterocycles. The number of aromatic nitrogens is 1. The molecule has 1 N–H and O–H groups in total. The Hall–Kier alpha value is -2.44. The summed E-state index contributed by atoms with van der Waals surface area (Å²) in [5.41, 5.74) is 0.222. The van der Waals surface area contributed by atoms with Crippen LogP contribution in [0.25, 0.3) is 0 Å². The van der Waals surface area contributed by atoms with Gasteiger partial charge in [0.25, 0.3) is 5.91 Å². The Morgan fingerprint density at radius 1 is 1.40 bits per heavy atom. The molecule has 4 amide bonds. The zero-order valence-electron chi connectivity index (χ0n) is 14.7. The van der Waals surface area contributed by atoms with Crippen LogP contribution in [0.3, 0.4) is 0 Å². The van der Waals surface area contributed by atoms with Crippen LogP contribution in [-0.4, -0.2) is 57.8 Å². The Labute approximate surface area is 147 Å². The van der Waals surface area contributed by atoms with Crippen molar-refractivity contribution in [1.29, 1.82) is 0 Å². The largest absolute Gasteiger partial charge is 0.341 e. The Morgan fingerprint density at radius 2 is 2.20 bits per heavy atom. The SMILES string of the molecule is CC1(C)NC(=O)N(CC(=O)N2CCC[C@H](Cc3cccnc3)C2)C1=O. The molecule has 3 rings (SSSR count). The minimum atomic E-state index is -0.942. The number of likely N-dealkylation sites (tertiary alicyclic amines) is 1. The predicted molar refractivity (Wildman–Crippen MR) is 91.6 cm³/mol. The van der Waals surface area contributed by atoms with E-state index in [4.69, 9.17) is 0 Å². The maximum atomic E-state index is 12.6. The molecule has 0 saturated carbocycles. The zero-order chi connectivity index (χ0) is 18.0. The number of imide groups is 1. The summed E-state index contributed by atoms with van der Waals surface area (Å²) in [5.74, 6) is -0.145. The monoisotopic (exact) mass is 344 g/mol. The molecular weight excluding hydrogens is 320 g/mol. The number of urea groups is 1. The van der Waals surface area contributed by atoms with Crippen molar-refractivity contribution in [3.63, 3.8) is 0 Å². The van der Waals surface area contributed by atoms with Crippen LogP contribution in [0.2, 0.25) is 0 Å². The molecule has 0 radical (unpaired) electrons. The number of hydrogen-bond acceptors (Lipinski definition) is 4. The highest BCUT2D eigenvalue weighted by Crippen LogP contribution is 2.22. The lowest BCUT2D eigenvalue weighted by atomic mass is 9.92. The highest BCUT2D eigenvalue weighted by Gasteiger charge is 2.45. The van der Waals surface area contributed by atoms with E-state index in [1.54, 1.807) is 24.9 Å². The molecule has 1 aromatic heterocycles. The van der Waals surface area contributed by atoms with Crippen molar-refractivity contribution >= 4 is 17.8 Å². The van der Waals surface area contributed by atoms with E-state index >= 15 is 0 Å². The third-order valence-corrected chi connectivity index (χ3v) is 4.86. The van der Waals surface area contributed by atoms with Gasteiger partial charge in [-0.3, -0.25) is 19.5 Å². The van der Waals surface area contributed by atoms with Gasteiger partial charge < -0.3 is 10.2 Å². The van der Waals surface area contributed by atoms with Crippen molar-refractivity contribution in [2.75, 3.05) is 19.6 Å². The number of rotatable bonds is 4. The van der Waals surface area contributed by atoms with Crippen molar-refractivity contribution in [2.45, 2.75) is 38.6 Å². The van der Waals surface area contributed by atoms with Gasteiger partial charge in [0, 0.05) is 25.5 Å². The predicted octanol–water partition coefficient (Wildman–Crippen LogP) is 1.19. The molecule has 2 saturated heterocycles. The van der Waals surface area contributed by atoms with Crippen molar-refractivity contribution in [3.8, 4) is 0 Å². The molecule has 0 spiro atoms. The molecular formula is C18H24N4O3. The summed E-state index contributed by atoms with van der Waals surface area (Å²) < 4.78 is 0. The fourth-order valence-corrected chi connectivity index (χ4v) is 3.51. The molecule has 2 fully saturated rings. The molecule has 7 heteroatoms. The first-order valence-electron chi connectivity index (χ1n) is 8.67. The highest BCUT2D eigenvalue weighted by molar-refractivity contribution is 6.08. The van der Waals surface area contributed by atoms with Crippen LogP contribution in [0.4, 0.5) is 4.79 Å². The lowest BCUT2D eigenvalue weighted by Crippen LogP contribution is -2.47. The number of piperidine rings is 1. The molecule has 1 aromatic rings. The first-order valence-corrected chi connectivity index (χ1v) is 8.67. The Morgan fingerprint density at radius 3 is 2.84 bits per heavy atom. The minimum Gasteiger partial charge on any atom is -0.341 e. The molecule has 25 heavy (non-hydrogen) atoms. The normalized spacial score (nSPS) is 22.9. The molecule has 0 aromatic carbocycles. The summed E-state index contributed by atoms with van der Waals surface area (Å²) >= 11 is 0. The fraction of sp³-hybridized carbons (Fsp3) is 0.556. The molecule has 0 aliphatic carbocycles. The number of carbonyl (C=O) groups is 3. The van der Waals surface area contributed by atoms with E-state index in [-0.39, 0.29) is 18.4 Å². The quantitative estimate of drug-likeness (QED) is 0.832. The van der Waals surface area contributed by atoms with Crippen molar-refractivity contribution in [1.82, 2.24) is 20.1 Å². The van der Waals surface area contributed by atoms with Gasteiger partial charge in [-0.2, -0.15) is 0 Å². The number of hydrogen-bond donors (Lipinski definition) is 1. The van der Waals surface area contributed by atoms with Crippen LogP contribution in [0.5, 0.6) is 0 Å². The molecule has 7 nitrogen and oxygen atoms in total. The molecule has 2 aliphatic rings. The summed E-state index contributed by atoms with van der Waals surface area (Å²) in [4.78, 5) is 43.7. The van der Waals surface area contributed by atoms with E-state index in [1.165, 1.54) is 0 Å². The molecule has 0 unspecified atom stereocenters. The van der Waals surface area contributed by atoms with Gasteiger partial charge in [0.2, 0.25) is 5.91 Å². The number of amides is 4. The van der Waals surface area contributed by atoms with Crippen LogP contribution >= 0.6 is 0 Å². The van der Waals surface area contributed by atoms with E-state index < -0.39 is 11.6 Å². The first-order chi connectivity index (χ1) is 11.9. The molecule has 134 valence electrons. The zero-order valence-corrected chi connectivity index (χ0v) is 14.7. The fourth-order valence-electron chi connectivity index (χ4n) is 3.51. The Balaban J connectivity index is 1.59. The van der Waals surface area contributed by atoms with E-state index in [1.807, 2.05) is 18.3 Å². The van der Waals surface area contributed by atoms with Gasteiger partial charge in [0.15, 0.2) is 0 Å². The lowest BCUT2D eigenvalue weighted by molar-refractivity contribution is -0.139. The van der Waals surface area contributed by atoms with Gasteiger partial charge in [-0.1, -0.05) is 6.07 Å². The standard InChI is InChI=1S/C18H24N4O3/c1-18(2)16(24)22(17(25)20-18)12-15(23)21-8-4-6-14(11-21)9-13-5-3-7-19-10-13/h3,5,7,10,14H,4,6,8-9,11-12H2,1-2H3,(H,20,25)/t14-/m1/s1. The average molecular weight is 344 g/mol. The smallest absolute Gasteiger partial charge is 0.325 e. The second-order valence-electron chi connectivity index (χ2n) is 7.36. The van der Waals surface area contributed by atoms with Crippen LogP contribution < -0.4 is 5.32 Å².